The quantitative estimate of drug-likeness (QED) is 0.432. The largest absolute Gasteiger partial charge is 0.264 e. The first kappa shape index (κ1) is 8.40. The molecule has 0 N–H and O–H groups in total. The van der Waals surface area contributed by atoms with Gasteiger partial charge in [0.2, 0.25) is 6.04 Å². The van der Waals surface area contributed by atoms with Crippen molar-refractivity contribution in [3.8, 4) is 0 Å². The summed E-state index contributed by atoms with van der Waals surface area (Å²) in [4.78, 5) is 9.80. The lowest BCUT2D eigenvalue weighted by Crippen LogP contribution is -2.16. The fourth-order valence-electron chi connectivity index (χ4n) is 0.768. The predicted octanol–water partition coefficient (Wildman–Crippen LogP) is 1.70. The number of nitro groups is 1. The Kier molecular flexibility index (Phi) is 3.20. The van der Waals surface area contributed by atoms with Crippen molar-refractivity contribution in [2.24, 2.45) is 5.92 Å². The van der Waals surface area contributed by atoms with Crippen LogP contribution in [0, 0.1) is 16.0 Å². The summed E-state index contributed by atoms with van der Waals surface area (Å²) in [6, 6.07) is -0.384. The average Bonchev–Trinajstić information content (AvgIpc) is 1.63. The Hall–Kier alpha value is -0.600. The molecule has 0 aromatic rings. The topological polar surface area (TPSA) is 43.1 Å². The molecule has 3 nitrogen and oxygen atoms in total. The molecule has 0 spiro atoms. The van der Waals surface area contributed by atoms with Gasteiger partial charge in [0.15, 0.2) is 0 Å². The highest BCUT2D eigenvalue weighted by Gasteiger charge is 2.13. The molecule has 0 fully saturated rings. The SMILES string of the molecule is CC(C)C[C@H](C)[N+](=O)[O-]. The summed E-state index contributed by atoms with van der Waals surface area (Å²) in [5.74, 6) is 0.422. The van der Waals surface area contributed by atoms with Crippen molar-refractivity contribution in [2.75, 3.05) is 0 Å². The van der Waals surface area contributed by atoms with Crippen LogP contribution in [0.25, 0.3) is 0 Å². The van der Waals surface area contributed by atoms with Crippen LogP contribution in [0.5, 0.6) is 0 Å². The molecule has 0 saturated carbocycles. The summed E-state index contributed by atoms with van der Waals surface area (Å²) in [7, 11) is 0. The third-order valence-corrected chi connectivity index (χ3v) is 1.17. The summed E-state index contributed by atoms with van der Waals surface area (Å²) < 4.78 is 0. The Balaban J connectivity index is 3.50. The molecular formula is C6H13NO2. The van der Waals surface area contributed by atoms with Crippen molar-refractivity contribution in [2.45, 2.75) is 33.2 Å². The Morgan fingerprint density at radius 1 is 1.44 bits per heavy atom. The zero-order chi connectivity index (χ0) is 7.44. The molecule has 0 amide bonds. The van der Waals surface area contributed by atoms with E-state index >= 15 is 0 Å². The maximum atomic E-state index is 10.0. The zero-order valence-electron chi connectivity index (χ0n) is 6.13. The summed E-state index contributed by atoms with van der Waals surface area (Å²) in [6.45, 7) is 5.61. The summed E-state index contributed by atoms with van der Waals surface area (Å²) in [5, 5.41) is 10.0. The minimum atomic E-state index is -0.384. The molecule has 54 valence electrons. The van der Waals surface area contributed by atoms with Crippen LogP contribution in [0.3, 0.4) is 0 Å². The third kappa shape index (κ3) is 3.94. The van der Waals surface area contributed by atoms with E-state index in [0.29, 0.717) is 12.3 Å². The van der Waals surface area contributed by atoms with Crippen molar-refractivity contribution in [3.63, 3.8) is 0 Å². The van der Waals surface area contributed by atoms with E-state index < -0.39 is 0 Å². The van der Waals surface area contributed by atoms with E-state index in [1.165, 1.54) is 0 Å². The van der Waals surface area contributed by atoms with Gasteiger partial charge in [-0.15, -0.1) is 0 Å². The molecule has 0 rings (SSSR count). The van der Waals surface area contributed by atoms with Crippen LogP contribution in [-0.4, -0.2) is 11.0 Å². The van der Waals surface area contributed by atoms with Crippen molar-refractivity contribution in [1.82, 2.24) is 0 Å². The first-order valence-corrected chi connectivity index (χ1v) is 3.17. The van der Waals surface area contributed by atoms with Crippen LogP contribution in [0.2, 0.25) is 0 Å². The van der Waals surface area contributed by atoms with Gasteiger partial charge in [-0.05, 0) is 5.92 Å². The average molecular weight is 131 g/mol. The highest BCUT2D eigenvalue weighted by Crippen LogP contribution is 2.05. The Bertz CT molecular complexity index is 101. The van der Waals surface area contributed by atoms with Crippen molar-refractivity contribution in [1.29, 1.82) is 0 Å². The summed E-state index contributed by atoms with van der Waals surface area (Å²) in [6.07, 6.45) is 0.674. The molecular weight excluding hydrogens is 118 g/mol. The van der Waals surface area contributed by atoms with E-state index in [1.807, 2.05) is 13.8 Å². The van der Waals surface area contributed by atoms with Crippen LogP contribution >= 0.6 is 0 Å². The van der Waals surface area contributed by atoms with E-state index in [2.05, 4.69) is 0 Å². The number of rotatable bonds is 3. The van der Waals surface area contributed by atoms with Gasteiger partial charge in [0.05, 0.1) is 0 Å². The summed E-state index contributed by atoms with van der Waals surface area (Å²) >= 11 is 0. The molecule has 1 atom stereocenters. The molecule has 0 saturated heterocycles. The number of hydrogen-bond acceptors (Lipinski definition) is 2. The van der Waals surface area contributed by atoms with Crippen LogP contribution in [0.4, 0.5) is 0 Å². The van der Waals surface area contributed by atoms with Crippen LogP contribution < -0.4 is 0 Å². The standard InChI is InChI=1S/C6H13NO2/c1-5(2)4-6(3)7(8)9/h5-6H,4H2,1-3H3/t6-/m0/s1. The van der Waals surface area contributed by atoms with Crippen molar-refractivity contribution in [3.05, 3.63) is 10.1 Å². The van der Waals surface area contributed by atoms with E-state index in [0.717, 1.165) is 0 Å². The molecule has 0 aliphatic carbocycles. The maximum Gasteiger partial charge on any atom is 0.210 e. The lowest BCUT2D eigenvalue weighted by atomic mass is 10.1. The maximum absolute atomic E-state index is 10.0. The normalized spacial score (nSPS) is 13.8. The molecule has 9 heavy (non-hydrogen) atoms. The molecule has 0 aromatic heterocycles. The predicted molar refractivity (Wildman–Crippen MR) is 35.9 cm³/mol. The van der Waals surface area contributed by atoms with E-state index in [1.54, 1.807) is 6.92 Å². The van der Waals surface area contributed by atoms with Gasteiger partial charge in [-0.3, -0.25) is 10.1 Å². The molecule has 0 radical (unpaired) electrons. The van der Waals surface area contributed by atoms with Gasteiger partial charge in [0, 0.05) is 18.3 Å². The second kappa shape index (κ2) is 3.43. The Labute approximate surface area is 55.2 Å². The second-order valence-corrected chi connectivity index (χ2v) is 2.76. The van der Waals surface area contributed by atoms with Crippen LogP contribution in [0.15, 0.2) is 0 Å². The molecule has 0 aliphatic heterocycles. The van der Waals surface area contributed by atoms with E-state index in [-0.39, 0.29) is 11.0 Å². The molecule has 0 bridgehead atoms. The smallest absolute Gasteiger partial charge is 0.210 e. The minimum Gasteiger partial charge on any atom is -0.264 e. The zero-order valence-corrected chi connectivity index (χ0v) is 6.13. The van der Waals surface area contributed by atoms with Gasteiger partial charge >= 0.3 is 0 Å². The van der Waals surface area contributed by atoms with Crippen LogP contribution in [-0.2, 0) is 0 Å². The van der Waals surface area contributed by atoms with Gasteiger partial charge in [0.25, 0.3) is 0 Å². The number of nitrogens with zero attached hydrogens (tertiary/aromatic N) is 1. The van der Waals surface area contributed by atoms with Crippen molar-refractivity contribution >= 4 is 0 Å². The monoisotopic (exact) mass is 131 g/mol. The number of hydrogen-bond donors (Lipinski definition) is 0. The molecule has 0 heterocycles. The molecule has 0 aromatic carbocycles. The molecule has 0 unspecified atom stereocenters. The lowest BCUT2D eigenvalue weighted by Gasteiger charge is -2.04. The van der Waals surface area contributed by atoms with Gasteiger partial charge in [0.1, 0.15) is 0 Å². The lowest BCUT2D eigenvalue weighted by molar-refractivity contribution is -0.520. The summed E-state index contributed by atoms with van der Waals surface area (Å²) in [5.41, 5.74) is 0. The molecule has 0 aliphatic rings. The highest BCUT2D eigenvalue weighted by atomic mass is 16.6. The van der Waals surface area contributed by atoms with E-state index in [4.69, 9.17) is 0 Å². The third-order valence-electron chi connectivity index (χ3n) is 1.17. The van der Waals surface area contributed by atoms with Gasteiger partial charge in [-0.25, -0.2) is 0 Å². The van der Waals surface area contributed by atoms with Gasteiger partial charge in [-0.1, -0.05) is 13.8 Å². The Morgan fingerprint density at radius 2 is 1.89 bits per heavy atom. The minimum absolute atomic E-state index is 0.236. The van der Waals surface area contributed by atoms with Crippen LogP contribution in [0.1, 0.15) is 27.2 Å². The first-order valence-electron chi connectivity index (χ1n) is 3.17. The first-order chi connectivity index (χ1) is 4.04. The van der Waals surface area contributed by atoms with Gasteiger partial charge in [-0.2, -0.15) is 0 Å². The highest BCUT2D eigenvalue weighted by molar-refractivity contribution is 4.51. The Morgan fingerprint density at radius 3 is 2.00 bits per heavy atom. The molecule has 3 heteroatoms. The fraction of sp³-hybridized carbons (Fsp3) is 1.00. The van der Waals surface area contributed by atoms with Crippen molar-refractivity contribution < 1.29 is 4.92 Å². The van der Waals surface area contributed by atoms with E-state index in [9.17, 15) is 10.1 Å². The van der Waals surface area contributed by atoms with Gasteiger partial charge < -0.3 is 0 Å². The fourth-order valence-corrected chi connectivity index (χ4v) is 0.768. The second-order valence-electron chi connectivity index (χ2n) is 2.76.